The van der Waals surface area contributed by atoms with Crippen LogP contribution in [0.5, 0.6) is 5.75 Å². The molecule has 4 rings (SSSR count). The summed E-state index contributed by atoms with van der Waals surface area (Å²) >= 11 is 0. The molecular formula is C29H31F5N4O4. The number of carbonyl (C=O) groups excluding carboxylic acids is 3. The van der Waals surface area contributed by atoms with E-state index in [1.54, 1.807) is 36.4 Å². The second-order valence-electron chi connectivity index (χ2n) is 10.8. The van der Waals surface area contributed by atoms with E-state index in [9.17, 15) is 36.3 Å². The van der Waals surface area contributed by atoms with Crippen molar-refractivity contribution in [3.63, 3.8) is 0 Å². The Hall–Kier alpha value is -4.03. The molecule has 0 unspecified atom stereocenters. The number of hydrogen-bond acceptors (Lipinski definition) is 5. The van der Waals surface area contributed by atoms with Crippen molar-refractivity contribution < 1.29 is 41.1 Å². The summed E-state index contributed by atoms with van der Waals surface area (Å²) < 4.78 is 71.9. The van der Waals surface area contributed by atoms with E-state index < -0.39 is 79.4 Å². The van der Waals surface area contributed by atoms with Gasteiger partial charge in [0, 0.05) is 42.2 Å². The lowest BCUT2D eigenvalue weighted by Gasteiger charge is -2.38. The van der Waals surface area contributed by atoms with Gasteiger partial charge >= 0.3 is 6.18 Å². The lowest BCUT2D eigenvalue weighted by atomic mass is 9.72. The van der Waals surface area contributed by atoms with Crippen molar-refractivity contribution in [1.82, 2.24) is 5.32 Å². The van der Waals surface area contributed by atoms with Crippen LogP contribution >= 0.6 is 0 Å². The number of primary amides is 1. The molecule has 3 atom stereocenters. The van der Waals surface area contributed by atoms with E-state index in [0.717, 1.165) is 5.56 Å². The van der Waals surface area contributed by atoms with Gasteiger partial charge < -0.3 is 21.1 Å². The van der Waals surface area contributed by atoms with E-state index in [-0.39, 0.29) is 12.1 Å². The monoisotopic (exact) mass is 594 g/mol. The second kappa shape index (κ2) is 12.1. The lowest BCUT2D eigenvalue weighted by Crippen LogP contribution is -2.49. The van der Waals surface area contributed by atoms with Crippen LogP contribution in [0.3, 0.4) is 0 Å². The van der Waals surface area contributed by atoms with E-state index in [1.807, 2.05) is 13.0 Å². The normalized spacial score (nSPS) is 19.7. The number of benzodiazepines with no additional fused rings is 1. The average molecular weight is 595 g/mol. The van der Waals surface area contributed by atoms with Crippen LogP contribution in [0, 0.1) is 24.7 Å². The van der Waals surface area contributed by atoms with Crippen molar-refractivity contribution in [2.45, 2.75) is 57.3 Å². The van der Waals surface area contributed by atoms with Gasteiger partial charge in [-0.15, -0.1) is 0 Å². The average Bonchev–Trinajstić information content (AvgIpc) is 3.02. The molecule has 1 fully saturated rings. The number of aliphatic imine (C=N–C) groups is 1. The largest absolute Gasteiger partial charge is 0.495 e. The van der Waals surface area contributed by atoms with E-state index in [1.165, 1.54) is 7.11 Å². The molecule has 2 aliphatic rings. The quantitative estimate of drug-likeness (QED) is 0.344. The number of nitrogens with two attached hydrogens (primary N) is 1. The third kappa shape index (κ3) is 7.24. The maximum absolute atomic E-state index is 13.5. The molecule has 0 saturated heterocycles. The van der Waals surface area contributed by atoms with Crippen molar-refractivity contribution >= 4 is 29.1 Å². The van der Waals surface area contributed by atoms with E-state index >= 15 is 0 Å². The SMILES string of the molecule is COc1cccc2c1NC(=O)[C@@H](NC(=O)[C@H](CCC(F)(F)F)[C@H](CC1CC(F)(F)C1)C(N)=O)N=C2c1cccc(C)c1. The summed E-state index contributed by atoms with van der Waals surface area (Å²) in [5.41, 5.74) is 8.00. The van der Waals surface area contributed by atoms with E-state index in [2.05, 4.69) is 15.6 Å². The first-order chi connectivity index (χ1) is 19.7. The summed E-state index contributed by atoms with van der Waals surface area (Å²) in [5, 5.41) is 5.06. The summed E-state index contributed by atoms with van der Waals surface area (Å²) in [6.07, 6.45) is -9.92. The Labute approximate surface area is 238 Å². The van der Waals surface area contributed by atoms with Crippen molar-refractivity contribution in [3.05, 3.63) is 59.2 Å². The summed E-state index contributed by atoms with van der Waals surface area (Å²) in [5.74, 6) is -9.37. The van der Waals surface area contributed by atoms with Crippen molar-refractivity contribution in [3.8, 4) is 5.75 Å². The van der Waals surface area contributed by atoms with Gasteiger partial charge in [0.25, 0.3) is 5.91 Å². The third-order valence-corrected chi connectivity index (χ3v) is 7.52. The van der Waals surface area contributed by atoms with Crippen LogP contribution in [0.4, 0.5) is 27.6 Å². The number of rotatable bonds is 10. The highest BCUT2D eigenvalue weighted by Crippen LogP contribution is 2.46. The lowest BCUT2D eigenvalue weighted by molar-refractivity contribution is -0.149. The Morgan fingerprint density at radius 2 is 1.86 bits per heavy atom. The Balaban J connectivity index is 1.69. The molecule has 226 valence electrons. The highest BCUT2D eigenvalue weighted by molar-refractivity contribution is 6.20. The first-order valence-corrected chi connectivity index (χ1v) is 13.3. The van der Waals surface area contributed by atoms with Gasteiger partial charge in [0.05, 0.1) is 18.5 Å². The zero-order valence-electron chi connectivity index (χ0n) is 22.9. The number of anilines is 1. The van der Waals surface area contributed by atoms with Crippen LogP contribution in [-0.4, -0.2) is 48.8 Å². The van der Waals surface area contributed by atoms with Gasteiger partial charge in [-0.2, -0.15) is 13.2 Å². The van der Waals surface area contributed by atoms with Gasteiger partial charge in [-0.05, 0) is 37.8 Å². The van der Waals surface area contributed by atoms with Crippen LogP contribution in [-0.2, 0) is 14.4 Å². The number of nitrogens with one attached hydrogen (secondary N) is 2. The van der Waals surface area contributed by atoms with Crippen LogP contribution in [0.25, 0.3) is 0 Å². The maximum Gasteiger partial charge on any atom is 0.389 e. The van der Waals surface area contributed by atoms with Crippen LogP contribution in [0.15, 0.2) is 47.5 Å². The number of ether oxygens (including phenoxy) is 1. The van der Waals surface area contributed by atoms with Crippen molar-refractivity contribution in [1.29, 1.82) is 0 Å². The minimum atomic E-state index is -4.67. The fourth-order valence-corrected chi connectivity index (χ4v) is 5.46. The first kappa shape index (κ1) is 30.9. The second-order valence-corrected chi connectivity index (χ2v) is 10.8. The summed E-state index contributed by atoms with van der Waals surface area (Å²) in [7, 11) is 1.41. The molecule has 3 amide bonds. The molecule has 2 aromatic carbocycles. The molecule has 42 heavy (non-hydrogen) atoms. The van der Waals surface area contributed by atoms with E-state index in [4.69, 9.17) is 10.5 Å². The molecule has 1 aliphatic carbocycles. The van der Waals surface area contributed by atoms with Crippen LogP contribution < -0.4 is 21.1 Å². The zero-order valence-corrected chi connectivity index (χ0v) is 22.9. The topological polar surface area (TPSA) is 123 Å². The number of amides is 3. The van der Waals surface area contributed by atoms with Gasteiger partial charge in [-0.25, -0.2) is 13.8 Å². The van der Waals surface area contributed by atoms with E-state index in [0.29, 0.717) is 22.6 Å². The fraction of sp³-hybridized carbons (Fsp3) is 0.448. The number of nitrogens with zero attached hydrogens (tertiary/aromatic N) is 1. The van der Waals surface area contributed by atoms with Gasteiger partial charge in [-0.3, -0.25) is 14.4 Å². The Morgan fingerprint density at radius 1 is 1.17 bits per heavy atom. The molecule has 0 aromatic heterocycles. The molecule has 4 N–H and O–H groups in total. The highest BCUT2D eigenvalue weighted by Gasteiger charge is 2.48. The molecule has 0 radical (unpaired) electrons. The maximum atomic E-state index is 13.5. The zero-order chi connectivity index (χ0) is 30.8. The molecule has 1 saturated carbocycles. The Bertz CT molecular complexity index is 1390. The van der Waals surface area contributed by atoms with Gasteiger partial charge in [0.1, 0.15) is 5.75 Å². The minimum absolute atomic E-state index is 0.275. The number of para-hydroxylation sites is 1. The highest BCUT2D eigenvalue weighted by atomic mass is 19.4. The summed E-state index contributed by atoms with van der Waals surface area (Å²) in [4.78, 5) is 43.7. The number of hydrogen-bond donors (Lipinski definition) is 3. The molecule has 1 aliphatic heterocycles. The number of alkyl halides is 5. The van der Waals surface area contributed by atoms with Crippen LogP contribution in [0.2, 0.25) is 0 Å². The minimum Gasteiger partial charge on any atom is -0.495 e. The van der Waals surface area contributed by atoms with Gasteiger partial charge in [0.15, 0.2) is 0 Å². The fourth-order valence-electron chi connectivity index (χ4n) is 5.46. The van der Waals surface area contributed by atoms with Gasteiger partial charge in [-0.1, -0.05) is 35.9 Å². The number of carbonyl (C=O) groups is 3. The van der Waals surface area contributed by atoms with Gasteiger partial charge in [0.2, 0.25) is 23.9 Å². The standard InChI is InChI=1S/C29H31F5N4O4/c1-15-5-3-6-17(11-15)22-19-7-4-8-21(42-2)23(19)37-27(41)25(36-22)38-26(40)18(9-10-29(32,33)34)20(24(35)39)12-16-13-28(30,31)14-16/h3-8,11,16,18,20,25H,9-10,12-14H2,1-2H3,(H2,35,39)(H,37,41)(H,38,40)/t18-,20+,25-/m1/s1. The number of benzene rings is 2. The summed E-state index contributed by atoms with van der Waals surface area (Å²) in [6.45, 7) is 1.85. The summed E-state index contributed by atoms with van der Waals surface area (Å²) in [6, 6.07) is 12.2. The molecule has 1 heterocycles. The molecule has 8 nitrogen and oxygen atoms in total. The molecule has 2 aromatic rings. The molecule has 0 bridgehead atoms. The number of methoxy groups -OCH3 is 1. The number of fused-ring (bicyclic) bond motifs is 1. The third-order valence-electron chi connectivity index (χ3n) is 7.52. The first-order valence-electron chi connectivity index (χ1n) is 13.3. The number of halogens is 5. The number of aryl methyl sites for hydroxylation is 1. The van der Waals surface area contributed by atoms with Crippen molar-refractivity contribution in [2.24, 2.45) is 28.5 Å². The Kier molecular flexibility index (Phi) is 8.88. The molecule has 0 spiro atoms. The molecule has 13 heteroatoms. The smallest absolute Gasteiger partial charge is 0.389 e. The Morgan fingerprint density at radius 3 is 2.45 bits per heavy atom. The van der Waals surface area contributed by atoms with Crippen LogP contribution in [0.1, 0.15) is 48.8 Å². The predicted octanol–water partition coefficient (Wildman–Crippen LogP) is 4.73. The molecular weight excluding hydrogens is 563 g/mol. The predicted molar refractivity (Wildman–Crippen MR) is 144 cm³/mol. The van der Waals surface area contributed by atoms with Crippen molar-refractivity contribution in [2.75, 3.05) is 12.4 Å².